The van der Waals surface area contributed by atoms with Crippen LogP contribution in [-0.2, 0) is 4.74 Å². The standard InChI is InChI=1S/C37H46N4O8/c1-24-20-41(25(2)22-42)36(44)30-18-28(38-35(43)27-11-6-5-7-12-27)13-15-31(30)49-26(3)10-8-9-17-46-34(24)21-40(4)37(45)39-29-14-16-32-33(19-29)48-23-47-32/h5-7,11-16,18-19,24-26,34,42H,8-10,17,20-23H2,1-4H3,(H,38,43)(H,39,45)/t24-,25+,26+,34-/m0/s1. The monoisotopic (exact) mass is 674 g/mol. The predicted octanol–water partition coefficient (Wildman–Crippen LogP) is 5.63. The Hall–Kier alpha value is -4.81. The maximum absolute atomic E-state index is 14.4. The number of fused-ring (bicyclic) bond motifs is 2. The molecule has 12 nitrogen and oxygen atoms in total. The Morgan fingerprint density at radius 2 is 1.67 bits per heavy atom. The van der Waals surface area contributed by atoms with Gasteiger partial charge in [0.2, 0.25) is 6.79 Å². The zero-order chi connectivity index (χ0) is 34.9. The van der Waals surface area contributed by atoms with Crippen molar-refractivity contribution in [2.24, 2.45) is 5.92 Å². The molecule has 0 spiro atoms. The van der Waals surface area contributed by atoms with Gasteiger partial charge in [0.05, 0.1) is 30.4 Å². The number of amides is 4. The maximum Gasteiger partial charge on any atom is 0.321 e. The summed E-state index contributed by atoms with van der Waals surface area (Å²) >= 11 is 0. The minimum absolute atomic E-state index is 0.140. The average molecular weight is 675 g/mol. The highest BCUT2D eigenvalue weighted by Gasteiger charge is 2.31. The van der Waals surface area contributed by atoms with Gasteiger partial charge in [0, 0.05) is 55.7 Å². The van der Waals surface area contributed by atoms with Crippen LogP contribution in [0.5, 0.6) is 17.2 Å². The molecule has 2 heterocycles. The van der Waals surface area contributed by atoms with Crippen LogP contribution in [0.15, 0.2) is 66.7 Å². The molecule has 0 bridgehead atoms. The molecule has 0 fully saturated rings. The molecular formula is C37H46N4O8. The number of likely N-dealkylation sites (N-methyl/N-ethyl adjacent to an activating group) is 1. The van der Waals surface area contributed by atoms with Gasteiger partial charge in [0.25, 0.3) is 11.8 Å². The number of aliphatic hydroxyl groups excluding tert-OH is 1. The van der Waals surface area contributed by atoms with Crippen LogP contribution in [0.3, 0.4) is 0 Å². The predicted molar refractivity (Wildman–Crippen MR) is 185 cm³/mol. The summed E-state index contributed by atoms with van der Waals surface area (Å²) in [6.07, 6.45) is 1.75. The van der Waals surface area contributed by atoms with Crippen molar-refractivity contribution in [3.63, 3.8) is 0 Å². The second-order valence-corrected chi connectivity index (χ2v) is 12.7. The zero-order valence-corrected chi connectivity index (χ0v) is 28.5. The number of hydrogen-bond donors (Lipinski definition) is 3. The summed E-state index contributed by atoms with van der Waals surface area (Å²) in [5.41, 5.74) is 1.78. The molecule has 49 heavy (non-hydrogen) atoms. The fraction of sp³-hybridized carbons (Fsp3) is 0.432. The van der Waals surface area contributed by atoms with Gasteiger partial charge in [-0.25, -0.2) is 4.79 Å². The van der Waals surface area contributed by atoms with Crippen LogP contribution in [0.4, 0.5) is 16.2 Å². The van der Waals surface area contributed by atoms with Gasteiger partial charge in [-0.1, -0.05) is 25.1 Å². The van der Waals surface area contributed by atoms with Gasteiger partial charge in [-0.3, -0.25) is 9.59 Å². The Labute approximate surface area is 287 Å². The van der Waals surface area contributed by atoms with Crippen molar-refractivity contribution >= 4 is 29.2 Å². The van der Waals surface area contributed by atoms with Crippen LogP contribution in [0.1, 0.15) is 60.7 Å². The summed E-state index contributed by atoms with van der Waals surface area (Å²) in [7, 11) is 1.70. The summed E-state index contributed by atoms with van der Waals surface area (Å²) in [6, 6.07) is 18.2. The number of hydrogen-bond acceptors (Lipinski definition) is 8. The molecule has 4 atom stereocenters. The molecular weight excluding hydrogens is 628 g/mol. The summed E-state index contributed by atoms with van der Waals surface area (Å²) in [6.45, 7) is 6.56. The number of carbonyl (C=O) groups is 3. The molecule has 5 rings (SSSR count). The molecule has 0 aromatic heterocycles. The topological polar surface area (TPSA) is 139 Å². The Kier molecular flexibility index (Phi) is 12.0. The van der Waals surface area contributed by atoms with E-state index in [-0.39, 0.29) is 61.9 Å². The molecule has 0 radical (unpaired) electrons. The van der Waals surface area contributed by atoms with Crippen LogP contribution >= 0.6 is 0 Å². The largest absolute Gasteiger partial charge is 0.490 e. The number of benzene rings is 3. The number of carbonyl (C=O) groups excluding carboxylic acids is 3. The first kappa shape index (κ1) is 35.5. The van der Waals surface area contributed by atoms with Crippen molar-refractivity contribution in [2.45, 2.75) is 58.3 Å². The van der Waals surface area contributed by atoms with Crippen LogP contribution < -0.4 is 24.8 Å². The lowest BCUT2D eigenvalue weighted by atomic mass is 10.0. The molecule has 0 unspecified atom stereocenters. The molecule has 0 saturated carbocycles. The third-order valence-corrected chi connectivity index (χ3v) is 8.77. The zero-order valence-electron chi connectivity index (χ0n) is 28.5. The van der Waals surface area contributed by atoms with Crippen molar-refractivity contribution in [3.05, 3.63) is 77.9 Å². The number of rotatable bonds is 7. The number of nitrogens with zero attached hydrogens (tertiary/aromatic N) is 2. The van der Waals surface area contributed by atoms with Crippen LogP contribution in [-0.4, -0.2) is 91.1 Å². The average Bonchev–Trinajstić information content (AvgIpc) is 3.58. The molecule has 0 saturated heterocycles. The van der Waals surface area contributed by atoms with Gasteiger partial charge in [-0.2, -0.15) is 0 Å². The lowest BCUT2D eigenvalue weighted by molar-refractivity contribution is -0.0115. The highest BCUT2D eigenvalue weighted by molar-refractivity contribution is 6.05. The van der Waals surface area contributed by atoms with E-state index in [0.717, 1.165) is 19.3 Å². The molecule has 262 valence electrons. The second kappa shape index (κ2) is 16.5. The van der Waals surface area contributed by atoms with E-state index < -0.39 is 12.1 Å². The van der Waals surface area contributed by atoms with Crippen molar-refractivity contribution < 1.29 is 38.4 Å². The molecule has 12 heteroatoms. The molecule has 4 amide bonds. The van der Waals surface area contributed by atoms with Gasteiger partial charge in [-0.05, 0) is 75.6 Å². The van der Waals surface area contributed by atoms with Crippen LogP contribution in [0.2, 0.25) is 0 Å². The SMILES string of the molecule is C[C@@H]1CCCCO[C@@H](CN(C)C(=O)Nc2ccc3c(c2)OCO3)[C@@H](C)CN([C@H](C)CO)C(=O)c2cc(NC(=O)c3ccccc3)ccc2O1. The number of nitrogens with one attached hydrogen (secondary N) is 2. The van der Waals surface area contributed by atoms with Gasteiger partial charge >= 0.3 is 6.03 Å². The summed E-state index contributed by atoms with van der Waals surface area (Å²) in [5, 5.41) is 16.0. The fourth-order valence-corrected chi connectivity index (χ4v) is 5.80. The van der Waals surface area contributed by atoms with E-state index in [2.05, 4.69) is 10.6 Å². The van der Waals surface area contributed by atoms with E-state index in [1.165, 1.54) is 0 Å². The van der Waals surface area contributed by atoms with Crippen LogP contribution in [0.25, 0.3) is 0 Å². The number of urea groups is 1. The van der Waals surface area contributed by atoms with E-state index in [1.807, 2.05) is 19.9 Å². The van der Waals surface area contributed by atoms with E-state index >= 15 is 0 Å². The number of ether oxygens (including phenoxy) is 4. The lowest BCUT2D eigenvalue weighted by Gasteiger charge is -2.35. The molecule has 3 aromatic rings. The highest BCUT2D eigenvalue weighted by Crippen LogP contribution is 2.34. The minimum atomic E-state index is -0.539. The first-order valence-electron chi connectivity index (χ1n) is 16.7. The summed E-state index contributed by atoms with van der Waals surface area (Å²) in [5.74, 6) is 0.716. The molecule has 2 aliphatic heterocycles. The molecule has 3 N–H and O–H groups in total. The Morgan fingerprint density at radius 3 is 2.43 bits per heavy atom. The quantitative estimate of drug-likeness (QED) is 0.293. The molecule has 0 aliphatic carbocycles. The van der Waals surface area contributed by atoms with Crippen molar-refractivity contribution in [2.75, 3.05) is 50.8 Å². The number of aliphatic hydroxyl groups is 1. The summed E-state index contributed by atoms with van der Waals surface area (Å²) in [4.78, 5) is 43.7. The van der Waals surface area contributed by atoms with E-state index in [0.29, 0.717) is 40.8 Å². The lowest BCUT2D eigenvalue weighted by Crippen LogP contribution is -2.48. The van der Waals surface area contributed by atoms with Crippen molar-refractivity contribution in [1.82, 2.24) is 9.80 Å². The van der Waals surface area contributed by atoms with E-state index in [9.17, 15) is 19.5 Å². The minimum Gasteiger partial charge on any atom is -0.490 e. The highest BCUT2D eigenvalue weighted by atomic mass is 16.7. The van der Waals surface area contributed by atoms with Gasteiger partial charge in [-0.15, -0.1) is 0 Å². The first-order chi connectivity index (χ1) is 23.6. The maximum atomic E-state index is 14.4. The third kappa shape index (κ3) is 9.21. The second-order valence-electron chi connectivity index (χ2n) is 12.7. The normalized spacial score (nSPS) is 20.3. The smallest absolute Gasteiger partial charge is 0.321 e. The Balaban J connectivity index is 1.36. The van der Waals surface area contributed by atoms with Gasteiger partial charge in [0.1, 0.15) is 5.75 Å². The Bertz CT molecular complexity index is 1600. The van der Waals surface area contributed by atoms with Crippen molar-refractivity contribution in [3.8, 4) is 17.2 Å². The third-order valence-electron chi connectivity index (χ3n) is 8.77. The molecule has 2 aliphatic rings. The summed E-state index contributed by atoms with van der Waals surface area (Å²) < 4.78 is 23.5. The van der Waals surface area contributed by atoms with Gasteiger partial charge < -0.3 is 44.5 Å². The Morgan fingerprint density at radius 1 is 0.959 bits per heavy atom. The van der Waals surface area contributed by atoms with E-state index in [1.54, 1.807) is 84.4 Å². The van der Waals surface area contributed by atoms with E-state index in [4.69, 9.17) is 18.9 Å². The molecule has 3 aromatic carbocycles. The van der Waals surface area contributed by atoms with Gasteiger partial charge in [0.15, 0.2) is 11.5 Å². The fourth-order valence-electron chi connectivity index (χ4n) is 5.80. The van der Waals surface area contributed by atoms with Crippen LogP contribution in [0, 0.1) is 5.92 Å². The number of anilines is 2. The first-order valence-corrected chi connectivity index (χ1v) is 16.7. The van der Waals surface area contributed by atoms with Crippen molar-refractivity contribution in [1.29, 1.82) is 0 Å².